The summed E-state index contributed by atoms with van der Waals surface area (Å²) in [5.41, 5.74) is 5.45. The second kappa shape index (κ2) is 19.6. The van der Waals surface area contributed by atoms with Crippen molar-refractivity contribution >= 4 is 277 Å². The standard InChI is InChI=1S/C35H18I12O5/c36-32(37,38)19-3-1-18(2-4-19)28-26(31(48)49)17-27(50-23-11-5-20(6-12-23)33(39,40)41)29(51-24-13-7-21(8-14-24)34(42,43)44)30(28)52-25-15-9-22(10-16-25)35(45,46)47/h1-17H,(H,48,49). The minimum atomic E-state index is -1.13. The predicted molar refractivity (Wildman–Crippen MR) is 313 cm³/mol. The van der Waals surface area contributed by atoms with Crippen LogP contribution < -0.4 is 14.2 Å². The summed E-state index contributed by atoms with van der Waals surface area (Å²) in [7, 11) is 0. The van der Waals surface area contributed by atoms with E-state index in [-0.39, 0.29) is 20.6 Å². The molecule has 0 atom stereocenters. The quantitative estimate of drug-likeness (QED) is 0.0996. The van der Waals surface area contributed by atoms with Gasteiger partial charge in [0.15, 0.2) is 11.5 Å². The number of halogens is 12. The Balaban J connectivity index is 1.78. The highest BCUT2D eigenvalue weighted by Gasteiger charge is 2.30. The molecular formula is C35H18I12O5. The Kier molecular flexibility index (Phi) is 17.7. The van der Waals surface area contributed by atoms with Crippen LogP contribution in [0.2, 0.25) is 0 Å². The number of benzene rings is 5. The Morgan fingerprint density at radius 3 is 1.08 bits per heavy atom. The Morgan fingerprint density at radius 1 is 0.442 bits per heavy atom. The number of carboxylic acids is 1. The molecular weight excluding hydrogens is 2020 g/mol. The van der Waals surface area contributed by atoms with Crippen LogP contribution in [0.4, 0.5) is 0 Å². The van der Waals surface area contributed by atoms with E-state index in [1.165, 1.54) is 6.07 Å². The van der Waals surface area contributed by atoms with Crippen molar-refractivity contribution in [3.8, 4) is 45.6 Å². The van der Waals surface area contributed by atoms with E-state index >= 15 is 0 Å². The van der Waals surface area contributed by atoms with Crippen LogP contribution >= 0.6 is 271 Å². The molecule has 5 aromatic rings. The summed E-state index contributed by atoms with van der Waals surface area (Å²) in [6.45, 7) is 0. The number of carboxylic acid groups (broad SMARTS) is 1. The van der Waals surface area contributed by atoms with Crippen LogP contribution in [0.25, 0.3) is 11.1 Å². The Morgan fingerprint density at radius 2 is 0.750 bits per heavy atom. The first kappa shape index (κ1) is 46.8. The minimum Gasteiger partial charge on any atom is -0.478 e. The van der Waals surface area contributed by atoms with Crippen LogP contribution in [0.3, 0.4) is 0 Å². The molecule has 0 bridgehead atoms. The zero-order valence-corrected chi connectivity index (χ0v) is 51.3. The van der Waals surface area contributed by atoms with E-state index in [9.17, 15) is 9.90 Å². The molecule has 0 saturated heterocycles. The van der Waals surface area contributed by atoms with Crippen molar-refractivity contribution in [3.05, 3.63) is 131 Å². The third-order valence-corrected chi connectivity index (χ3v) is 14.6. The molecule has 0 spiro atoms. The van der Waals surface area contributed by atoms with Crippen LogP contribution in [-0.4, -0.2) is 11.1 Å². The Hall–Kier alpha value is 3.73. The first-order chi connectivity index (χ1) is 24.1. The van der Waals surface area contributed by atoms with E-state index in [4.69, 9.17) is 14.2 Å². The molecule has 272 valence electrons. The first-order valence-electron chi connectivity index (χ1n) is 14.3. The third kappa shape index (κ3) is 12.9. The minimum absolute atomic E-state index is 0.0134. The monoisotopic (exact) mass is 2040 g/mol. The van der Waals surface area contributed by atoms with Gasteiger partial charge < -0.3 is 19.3 Å². The van der Waals surface area contributed by atoms with Gasteiger partial charge in [-0.1, -0.05) is 60.7 Å². The lowest BCUT2D eigenvalue weighted by Gasteiger charge is -2.23. The van der Waals surface area contributed by atoms with Crippen LogP contribution in [0.5, 0.6) is 34.5 Å². The summed E-state index contributed by atoms with van der Waals surface area (Å²) >= 11 is 28.6. The Labute approximate surface area is 465 Å². The van der Waals surface area contributed by atoms with Crippen LogP contribution in [0, 0.1) is 0 Å². The van der Waals surface area contributed by atoms with E-state index in [0.717, 1.165) is 22.3 Å². The topological polar surface area (TPSA) is 65.0 Å². The molecule has 5 aromatic carbocycles. The van der Waals surface area contributed by atoms with Gasteiger partial charge in [-0.05, 0) is 335 Å². The maximum Gasteiger partial charge on any atom is 0.336 e. The lowest BCUT2D eigenvalue weighted by molar-refractivity contribution is 0.0697. The fourth-order valence-electron chi connectivity index (χ4n) is 4.67. The molecule has 0 radical (unpaired) electrons. The number of ether oxygens (including phenoxy) is 3. The summed E-state index contributed by atoms with van der Waals surface area (Å²) in [6.07, 6.45) is 0. The highest BCUT2D eigenvalue weighted by molar-refractivity contribution is 14.3. The number of carbonyl (C=O) groups is 1. The van der Waals surface area contributed by atoms with Gasteiger partial charge in [-0.3, -0.25) is 0 Å². The summed E-state index contributed by atoms with van der Waals surface area (Å²) in [6, 6.07) is 32.8. The van der Waals surface area contributed by atoms with Gasteiger partial charge in [-0.15, -0.1) is 0 Å². The van der Waals surface area contributed by atoms with E-state index < -0.39 is 5.97 Å². The summed E-state index contributed by atoms with van der Waals surface area (Å²) in [4.78, 5) is 13.2. The van der Waals surface area contributed by atoms with Gasteiger partial charge in [0.05, 0.1) is 5.56 Å². The second-order valence-corrected chi connectivity index (χ2v) is 54.9. The van der Waals surface area contributed by atoms with Crippen LogP contribution in [0.1, 0.15) is 32.6 Å². The normalized spacial score (nSPS) is 12.4. The smallest absolute Gasteiger partial charge is 0.336 e. The van der Waals surface area contributed by atoms with E-state index in [1.807, 2.05) is 97.1 Å². The number of hydrogen-bond donors (Lipinski definition) is 1. The average Bonchev–Trinajstić information content (AvgIpc) is 3.05. The van der Waals surface area contributed by atoms with Gasteiger partial charge in [0.2, 0.25) is 5.75 Å². The van der Waals surface area contributed by atoms with E-state index in [1.54, 1.807) is 0 Å². The van der Waals surface area contributed by atoms with Crippen LogP contribution in [-0.2, 0) is -2.26 Å². The van der Waals surface area contributed by atoms with Gasteiger partial charge in [-0.25, -0.2) is 4.79 Å². The van der Waals surface area contributed by atoms with E-state index in [0.29, 0.717) is 28.4 Å². The number of alkyl halides is 12. The zero-order valence-electron chi connectivity index (χ0n) is 25.4. The van der Waals surface area contributed by atoms with Crippen molar-refractivity contribution in [2.75, 3.05) is 0 Å². The largest absolute Gasteiger partial charge is 0.478 e. The molecule has 5 rings (SSSR count). The molecule has 0 aliphatic rings. The summed E-state index contributed by atoms with van der Waals surface area (Å²) < 4.78 is 19.4. The van der Waals surface area contributed by atoms with Crippen molar-refractivity contribution in [1.29, 1.82) is 0 Å². The van der Waals surface area contributed by atoms with E-state index in [2.05, 4.69) is 271 Å². The molecule has 0 aromatic heterocycles. The molecule has 0 aliphatic heterocycles. The second-order valence-electron chi connectivity index (χ2n) is 10.7. The molecule has 0 heterocycles. The van der Waals surface area contributed by atoms with Crippen molar-refractivity contribution in [3.63, 3.8) is 0 Å². The molecule has 52 heavy (non-hydrogen) atoms. The molecule has 0 unspecified atom stereocenters. The summed E-state index contributed by atoms with van der Waals surface area (Å²) in [5, 5.41) is 10.8. The molecule has 17 heteroatoms. The molecule has 0 saturated carbocycles. The highest BCUT2D eigenvalue weighted by Crippen LogP contribution is 2.54. The lowest BCUT2D eigenvalue weighted by atomic mass is 9.96. The lowest BCUT2D eigenvalue weighted by Crippen LogP contribution is -2.06. The highest BCUT2D eigenvalue weighted by atomic mass is 127. The fraction of sp³-hybridized carbons (Fsp3) is 0.114. The number of hydrogen-bond acceptors (Lipinski definition) is 4. The van der Waals surface area contributed by atoms with Gasteiger partial charge in [0, 0.05) is 11.6 Å². The van der Waals surface area contributed by atoms with Gasteiger partial charge in [0.25, 0.3) is 0 Å². The Bertz CT molecular complexity index is 2050. The zero-order chi connectivity index (χ0) is 38.2. The maximum atomic E-state index is 13.2. The SMILES string of the molecule is O=C(O)c1cc(Oc2ccc(C(I)(I)I)cc2)c(Oc2ccc(C(I)(I)I)cc2)c(Oc2ccc(C(I)(I)I)cc2)c1-c1ccc(C(I)(I)I)cc1. The van der Waals surface area contributed by atoms with Crippen molar-refractivity contribution in [1.82, 2.24) is 0 Å². The number of aromatic carboxylic acids is 1. The first-order valence-corrected chi connectivity index (χ1v) is 27.2. The van der Waals surface area contributed by atoms with Gasteiger partial charge in [-0.2, -0.15) is 0 Å². The predicted octanol–water partition coefficient (Wildman–Crippen LogP) is 18.1. The molecule has 5 nitrogen and oxygen atoms in total. The number of rotatable bonds is 12. The molecule has 0 amide bonds. The van der Waals surface area contributed by atoms with Crippen molar-refractivity contribution < 1.29 is 24.1 Å². The fourth-order valence-corrected chi connectivity index (χ4v) is 8.98. The van der Waals surface area contributed by atoms with Gasteiger partial charge >= 0.3 is 5.97 Å². The third-order valence-electron chi connectivity index (χ3n) is 7.15. The molecule has 0 fully saturated rings. The molecule has 1 N–H and O–H groups in total. The van der Waals surface area contributed by atoms with Crippen molar-refractivity contribution in [2.45, 2.75) is -2.26 Å². The van der Waals surface area contributed by atoms with Crippen LogP contribution in [0.15, 0.2) is 103 Å². The van der Waals surface area contributed by atoms with Crippen molar-refractivity contribution in [2.24, 2.45) is 0 Å². The molecule has 0 aliphatic carbocycles. The van der Waals surface area contributed by atoms with Gasteiger partial charge in [0.1, 0.15) is 15.0 Å². The summed E-state index contributed by atoms with van der Waals surface area (Å²) in [5.74, 6) is 1.13. The maximum absolute atomic E-state index is 13.2. The average molecular weight is 2040 g/mol.